The van der Waals surface area contributed by atoms with Crippen molar-refractivity contribution in [1.29, 1.82) is 0 Å². The van der Waals surface area contributed by atoms with E-state index in [1.54, 1.807) is 12.1 Å². The summed E-state index contributed by atoms with van der Waals surface area (Å²) in [5, 5.41) is 0. The molecule has 0 saturated heterocycles. The van der Waals surface area contributed by atoms with Crippen LogP contribution in [0.4, 0.5) is 10.3 Å². The second-order valence-electron chi connectivity index (χ2n) is 5.67. The SMILES string of the molecule is Nc1nc2cc(I)c(F)cc2n1CCC1CCCCC1. The van der Waals surface area contributed by atoms with Crippen LogP contribution in [0.25, 0.3) is 11.0 Å². The van der Waals surface area contributed by atoms with Gasteiger partial charge in [-0.3, -0.25) is 0 Å². The molecule has 0 spiro atoms. The van der Waals surface area contributed by atoms with Crippen LogP contribution in [-0.4, -0.2) is 9.55 Å². The van der Waals surface area contributed by atoms with E-state index in [2.05, 4.69) is 4.98 Å². The van der Waals surface area contributed by atoms with Crippen LogP contribution >= 0.6 is 22.6 Å². The van der Waals surface area contributed by atoms with Crippen LogP contribution in [0.2, 0.25) is 0 Å². The molecule has 0 atom stereocenters. The van der Waals surface area contributed by atoms with E-state index in [0.717, 1.165) is 29.9 Å². The summed E-state index contributed by atoms with van der Waals surface area (Å²) in [4.78, 5) is 4.35. The van der Waals surface area contributed by atoms with Gasteiger partial charge in [-0.2, -0.15) is 0 Å². The molecule has 1 fully saturated rings. The normalized spacial score (nSPS) is 16.9. The van der Waals surface area contributed by atoms with Gasteiger partial charge < -0.3 is 10.3 Å². The summed E-state index contributed by atoms with van der Waals surface area (Å²) >= 11 is 1.98. The number of anilines is 1. The molecule has 20 heavy (non-hydrogen) atoms. The Hall–Kier alpha value is -0.850. The third kappa shape index (κ3) is 2.77. The first kappa shape index (κ1) is 14.1. The lowest BCUT2D eigenvalue weighted by atomic mass is 9.87. The summed E-state index contributed by atoms with van der Waals surface area (Å²) in [5.41, 5.74) is 7.60. The minimum Gasteiger partial charge on any atom is -0.369 e. The van der Waals surface area contributed by atoms with E-state index in [1.165, 1.54) is 32.1 Å². The van der Waals surface area contributed by atoms with Crippen LogP contribution in [0.1, 0.15) is 38.5 Å². The zero-order valence-corrected chi connectivity index (χ0v) is 13.6. The number of halogens is 2. The lowest BCUT2D eigenvalue weighted by molar-refractivity contribution is 0.326. The molecule has 0 unspecified atom stereocenters. The second-order valence-corrected chi connectivity index (χ2v) is 6.83. The average molecular weight is 387 g/mol. The highest BCUT2D eigenvalue weighted by Crippen LogP contribution is 2.28. The van der Waals surface area contributed by atoms with Gasteiger partial charge in [-0.25, -0.2) is 9.37 Å². The molecule has 5 heteroatoms. The van der Waals surface area contributed by atoms with Crippen LogP contribution in [0.5, 0.6) is 0 Å². The van der Waals surface area contributed by atoms with E-state index in [1.807, 2.05) is 27.2 Å². The van der Waals surface area contributed by atoms with Gasteiger partial charge in [-0.15, -0.1) is 0 Å². The molecule has 3 nitrogen and oxygen atoms in total. The predicted molar refractivity (Wildman–Crippen MR) is 88.0 cm³/mol. The highest BCUT2D eigenvalue weighted by atomic mass is 127. The van der Waals surface area contributed by atoms with Crippen molar-refractivity contribution in [1.82, 2.24) is 9.55 Å². The van der Waals surface area contributed by atoms with Gasteiger partial charge >= 0.3 is 0 Å². The van der Waals surface area contributed by atoms with Crippen LogP contribution in [-0.2, 0) is 6.54 Å². The molecule has 0 bridgehead atoms. The number of rotatable bonds is 3. The fourth-order valence-corrected chi connectivity index (χ4v) is 3.61. The maximum Gasteiger partial charge on any atom is 0.201 e. The number of benzene rings is 1. The summed E-state index contributed by atoms with van der Waals surface area (Å²) in [6, 6.07) is 3.32. The van der Waals surface area contributed by atoms with Gasteiger partial charge in [0.2, 0.25) is 5.95 Å². The lowest BCUT2D eigenvalue weighted by Gasteiger charge is -2.21. The molecule has 1 heterocycles. The second kappa shape index (κ2) is 5.87. The fourth-order valence-electron chi connectivity index (χ4n) is 3.16. The van der Waals surface area contributed by atoms with Gasteiger partial charge in [0, 0.05) is 12.6 Å². The maximum atomic E-state index is 13.7. The van der Waals surface area contributed by atoms with Crippen molar-refractivity contribution in [3.8, 4) is 0 Å². The van der Waals surface area contributed by atoms with Gasteiger partial charge in [0.05, 0.1) is 14.6 Å². The van der Waals surface area contributed by atoms with Gasteiger partial charge in [-0.1, -0.05) is 32.1 Å². The topological polar surface area (TPSA) is 43.8 Å². The summed E-state index contributed by atoms with van der Waals surface area (Å²) in [5.74, 6) is 1.09. The van der Waals surface area contributed by atoms with E-state index in [-0.39, 0.29) is 5.82 Å². The Morgan fingerprint density at radius 2 is 2.05 bits per heavy atom. The molecule has 1 aliphatic carbocycles. The van der Waals surface area contributed by atoms with E-state index in [4.69, 9.17) is 5.73 Å². The van der Waals surface area contributed by atoms with E-state index < -0.39 is 0 Å². The Morgan fingerprint density at radius 1 is 1.30 bits per heavy atom. The van der Waals surface area contributed by atoms with Gasteiger partial charge in [0.1, 0.15) is 5.82 Å². The first-order valence-corrected chi connectivity index (χ1v) is 8.34. The number of hydrogen-bond acceptors (Lipinski definition) is 2. The van der Waals surface area contributed by atoms with Crippen molar-refractivity contribution in [2.75, 3.05) is 5.73 Å². The zero-order valence-electron chi connectivity index (χ0n) is 11.4. The molecule has 3 rings (SSSR count). The minimum atomic E-state index is -0.197. The van der Waals surface area contributed by atoms with Crippen molar-refractivity contribution in [2.24, 2.45) is 5.92 Å². The summed E-state index contributed by atoms with van der Waals surface area (Å²) < 4.78 is 16.3. The number of nitrogens with two attached hydrogens (primary N) is 1. The van der Waals surface area contributed by atoms with Crippen molar-refractivity contribution in [3.63, 3.8) is 0 Å². The Balaban J connectivity index is 1.83. The lowest BCUT2D eigenvalue weighted by Crippen LogP contribution is -2.11. The largest absolute Gasteiger partial charge is 0.369 e. The first-order valence-electron chi connectivity index (χ1n) is 7.26. The van der Waals surface area contributed by atoms with Gasteiger partial charge in [0.25, 0.3) is 0 Å². The van der Waals surface area contributed by atoms with E-state index in [0.29, 0.717) is 9.52 Å². The molecule has 2 N–H and O–H groups in total. The number of aryl methyl sites for hydroxylation is 1. The molecule has 0 amide bonds. The minimum absolute atomic E-state index is 0.197. The molecule has 0 radical (unpaired) electrons. The van der Waals surface area contributed by atoms with Crippen molar-refractivity contribution in [3.05, 3.63) is 21.5 Å². The van der Waals surface area contributed by atoms with Gasteiger partial charge in [0.15, 0.2) is 0 Å². The third-order valence-electron chi connectivity index (χ3n) is 4.31. The molecule has 1 saturated carbocycles. The zero-order chi connectivity index (χ0) is 14.1. The molecular weight excluding hydrogens is 368 g/mol. The summed E-state index contributed by atoms with van der Waals surface area (Å²) in [7, 11) is 0. The van der Waals surface area contributed by atoms with Crippen LogP contribution < -0.4 is 5.73 Å². The van der Waals surface area contributed by atoms with Crippen molar-refractivity contribution >= 4 is 39.6 Å². The fraction of sp³-hybridized carbons (Fsp3) is 0.533. The molecule has 1 aromatic carbocycles. The number of fused-ring (bicyclic) bond motifs is 1. The summed E-state index contributed by atoms with van der Waals surface area (Å²) in [6.45, 7) is 0.840. The molecular formula is C15H19FIN3. The predicted octanol–water partition coefficient (Wildman–Crippen LogP) is 4.33. The molecule has 1 aliphatic rings. The maximum absolute atomic E-state index is 13.7. The first-order chi connectivity index (χ1) is 9.65. The van der Waals surface area contributed by atoms with Crippen LogP contribution in [0.15, 0.2) is 12.1 Å². The van der Waals surface area contributed by atoms with Crippen molar-refractivity contribution < 1.29 is 4.39 Å². The molecule has 1 aromatic heterocycles. The standard InChI is InChI=1S/C15H19FIN3/c16-11-8-14-13(9-12(11)17)19-15(18)20(14)7-6-10-4-2-1-3-5-10/h8-10H,1-7H2,(H2,18,19). The Morgan fingerprint density at radius 3 is 2.80 bits per heavy atom. The Labute approximate surface area is 131 Å². The highest BCUT2D eigenvalue weighted by Gasteiger charge is 2.16. The van der Waals surface area contributed by atoms with Crippen molar-refractivity contribution in [2.45, 2.75) is 45.1 Å². The number of hydrogen-bond donors (Lipinski definition) is 1. The quantitative estimate of drug-likeness (QED) is 0.797. The average Bonchev–Trinajstić information content (AvgIpc) is 2.73. The molecule has 2 aromatic rings. The van der Waals surface area contributed by atoms with E-state index >= 15 is 0 Å². The number of imidazole rings is 1. The third-order valence-corrected chi connectivity index (χ3v) is 5.13. The monoisotopic (exact) mass is 387 g/mol. The molecule has 108 valence electrons. The number of aromatic nitrogens is 2. The van der Waals surface area contributed by atoms with Crippen LogP contribution in [0, 0.1) is 15.3 Å². The number of nitrogens with zero attached hydrogens (tertiary/aromatic N) is 2. The highest BCUT2D eigenvalue weighted by molar-refractivity contribution is 14.1. The molecule has 0 aliphatic heterocycles. The van der Waals surface area contributed by atoms with E-state index in [9.17, 15) is 4.39 Å². The smallest absolute Gasteiger partial charge is 0.201 e. The Bertz CT molecular complexity index is 617. The number of nitrogen functional groups attached to an aromatic ring is 1. The Kier molecular flexibility index (Phi) is 4.14. The van der Waals surface area contributed by atoms with Gasteiger partial charge in [-0.05, 0) is 41.0 Å². The summed E-state index contributed by atoms with van der Waals surface area (Å²) in [6.07, 6.45) is 7.81. The van der Waals surface area contributed by atoms with Crippen LogP contribution in [0.3, 0.4) is 0 Å².